The maximum atomic E-state index is 15.2. The molecule has 0 N–H and O–H groups in total. The van der Waals surface area contributed by atoms with E-state index in [0.29, 0.717) is 16.7 Å². The molecule has 0 saturated heterocycles. The largest absolute Gasteiger partial charge is 0.423 e. The second-order valence-corrected chi connectivity index (χ2v) is 10.1. The van der Waals surface area contributed by atoms with Crippen LogP contribution in [0.3, 0.4) is 0 Å². The molecular weight excluding hydrogens is 579 g/mol. The smallest absolute Gasteiger partial charge is 0.338 e. The van der Waals surface area contributed by atoms with Crippen LogP contribution in [0.15, 0.2) is 103 Å². The first-order valence-electron chi connectivity index (χ1n) is 13.4. The van der Waals surface area contributed by atoms with Crippen molar-refractivity contribution in [3.8, 4) is 34.1 Å². The van der Waals surface area contributed by atoms with Crippen molar-refractivity contribution < 1.29 is 42.5 Å². The predicted octanol–water partition coefficient (Wildman–Crippen LogP) is 7.59. The molecule has 230 valence electrons. The molecular formula is C36H31FO8. The summed E-state index contributed by atoms with van der Waals surface area (Å²) in [6.07, 6.45) is 2.99. The summed E-state index contributed by atoms with van der Waals surface area (Å²) in [5.74, 6) is -3.73. The van der Waals surface area contributed by atoms with Gasteiger partial charge >= 0.3 is 23.9 Å². The molecule has 0 aliphatic carbocycles. The van der Waals surface area contributed by atoms with Gasteiger partial charge in [0.25, 0.3) is 0 Å². The van der Waals surface area contributed by atoms with E-state index in [1.807, 2.05) is 0 Å². The fourth-order valence-electron chi connectivity index (χ4n) is 3.48. The lowest BCUT2D eigenvalue weighted by Crippen LogP contribution is -2.12. The Labute approximate surface area is 260 Å². The average molecular weight is 611 g/mol. The summed E-state index contributed by atoms with van der Waals surface area (Å²) in [5.41, 5.74) is 2.31. The Morgan fingerprint density at radius 2 is 1.04 bits per heavy atom. The molecule has 0 saturated carbocycles. The molecule has 45 heavy (non-hydrogen) atoms. The van der Waals surface area contributed by atoms with Crippen molar-refractivity contribution in [1.82, 2.24) is 0 Å². The van der Waals surface area contributed by atoms with Gasteiger partial charge in [-0.1, -0.05) is 56.7 Å². The van der Waals surface area contributed by atoms with Crippen molar-refractivity contribution in [3.63, 3.8) is 0 Å². The average Bonchev–Trinajstić information content (AvgIpc) is 2.97. The maximum Gasteiger partial charge on any atom is 0.338 e. The molecule has 0 amide bonds. The lowest BCUT2D eigenvalue weighted by Gasteiger charge is -2.13. The number of hydrogen-bond donors (Lipinski definition) is 0. The zero-order valence-electron chi connectivity index (χ0n) is 25.3. The Bertz CT molecular complexity index is 1780. The molecule has 0 radical (unpaired) electrons. The van der Waals surface area contributed by atoms with Crippen molar-refractivity contribution in [3.05, 3.63) is 120 Å². The van der Waals surface area contributed by atoms with Gasteiger partial charge < -0.3 is 18.9 Å². The third kappa shape index (κ3) is 9.08. The summed E-state index contributed by atoms with van der Waals surface area (Å²) in [7, 11) is 0. The number of ether oxygens (including phenoxy) is 4. The van der Waals surface area contributed by atoms with E-state index in [2.05, 4.69) is 26.3 Å². The minimum atomic E-state index is -0.809. The van der Waals surface area contributed by atoms with Crippen molar-refractivity contribution >= 4 is 36.0 Å². The Hall–Kier alpha value is -5.83. The molecule has 8 nitrogen and oxygen atoms in total. The van der Waals surface area contributed by atoms with Gasteiger partial charge in [-0.05, 0) is 57.0 Å². The SMILES string of the molecule is C=C(C)C(=O)Oc1ccc(-c2ccc(C=Cc3c(F)cc(OC(=O)C(=C)C)cc3OC(=O)C(=C)C)cc2)c(OC(=O)C(=C)C)c1. The van der Waals surface area contributed by atoms with Gasteiger partial charge in [0.05, 0.1) is 5.56 Å². The van der Waals surface area contributed by atoms with E-state index in [1.54, 1.807) is 42.5 Å². The summed E-state index contributed by atoms with van der Waals surface area (Å²) < 4.78 is 36.4. The standard InChI is InChI=1S/C36H31FO8/c1-20(2)33(38)42-26-14-16-28(31(18-26)44-35(40)22(5)6)25-12-9-24(10-13-25)11-15-29-30(37)17-27(43-34(39)21(3)4)19-32(29)45-36(41)23(7)8/h9-19H,1,3,5,7H2,2,4,6,8H3. The van der Waals surface area contributed by atoms with Crippen LogP contribution in [0.5, 0.6) is 23.0 Å². The summed E-state index contributed by atoms with van der Waals surface area (Å²) >= 11 is 0. The second-order valence-electron chi connectivity index (χ2n) is 10.1. The van der Waals surface area contributed by atoms with Gasteiger partial charge in [-0.15, -0.1) is 0 Å². The Morgan fingerprint density at radius 3 is 1.58 bits per heavy atom. The fraction of sp³-hybridized carbons (Fsp3) is 0.111. The van der Waals surface area contributed by atoms with Gasteiger partial charge in [-0.2, -0.15) is 0 Å². The van der Waals surface area contributed by atoms with E-state index in [1.165, 1.54) is 45.9 Å². The van der Waals surface area contributed by atoms with Gasteiger partial charge in [0.15, 0.2) is 0 Å². The van der Waals surface area contributed by atoms with Crippen molar-refractivity contribution in [2.45, 2.75) is 27.7 Å². The highest BCUT2D eigenvalue weighted by Crippen LogP contribution is 2.35. The van der Waals surface area contributed by atoms with Crippen molar-refractivity contribution in [1.29, 1.82) is 0 Å². The van der Waals surface area contributed by atoms with Crippen molar-refractivity contribution in [2.75, 3.05) is 0 Å². The van der Waals surface area contributed by atoms with E-state index in [0.717, 1.165) is 6.07 Å². The normalized spacial score (nSPS) is 10.5. The lowest BCUT2D eigenvalue weighted by atomic mass is 10.0. The van der Waals surface area contributed by atoms with E-state index in [9.17, 15) is 19.2 Å². The fourth-order valence-corrected chi connectivity index (χ4v) is 3.48. The minimum Gasteiger partial charge on any atom is -0.423 e. The highest BCUT2D eigenvalue weighted by Gasteiger charge is 2.18. The van der Waals surface area contributed by atoms with E-state index < -0.39 is 29.7 Å². The van der Waals surface area contributed by atoms with Crippen LogP contribution < -0.4 is 18.9 Å². The number of hydrogen-bond acceptors (Lipinski definition) is 8. The van der Waals surface area contributed by atoms with E-state index >= 15 is 4.39 Å². The Balaban J connectivity index is 1.96. The first-order valence-corrected chi connectivity index (χ1v) is 13.4. The molecule has 0 aliphatic rings. The molecule has 3 aromatic carbocycles. The Kier molecular flexibility index (Phi) is 10.9. The monoisotopic (exact) mass is 610 g/mol. The van der Waals surface area contributed by atoms with Gasteiger partial charge in [0, 0.05) is 46.1 Å². The van der Waals surface area contributed by atoms with Crippen LogP contribution in [-0.4, -0.2) is 23.9 Å². The molecule has 3 aromatic rings. The quantitative estimate of drug-likeness (QED) is 0.0947. The molecule has 0 fully saturated rings. The van der Waals surface area contributed by atoms with E-state index in [-0.39, 0.29) is 50.9 Å². The van der Waals surface area contributed by atoms with Gasteiger partial charge in [0.2, 0.25) is 0 Å². The molecule has 0 aliphatic heterocycles. The number of rotatable bonds is 11. The first kappa shape index (κ1) is 33.7. The van der Waals surface area contributed by atoms with Gasteiger partial charge in [-0.25, -0.2) is 23.6 Å². The summed E-state index contributed by atoms with van der Waals surface area (Å²) in [5, 5.41) is 0. The van der Waals surface area contributed by atoms with Crippen LogP contribution in [0.2, 0.25) is 0 Å². The number of carbonyl (C=O) groups excluding carboxylic acids is 4. The molecule has 0 bridgehead atoms. The van der Waals surface area contributed by atoms with Crippen LogP contribution in [0.25, 0.3) is 23.3 Å². The van der Waals surface area contributed by atoms with Crippen LogP contribution >= 0.6 is 0 Å². The molecule has 0 spiro atoms. The Morgan fingerprint density at radius 1 is 0.578 bits per heavy atom. The minimum absolute atomic E-state index is 0.0716. The molecule has 3 rings (SSSR count). The highest BCUT2D eigenvalue weighted by molar-refractivity contribution is 5.92. The topological polar surface area (TPSA) is 105 Å². The van der Waals surface area contributed by atoms with Crippen LogP contribution in [0.4, 0.5) is 4.39 Å². The first-order chi connectivity index (χ1) is 21.2. The summed E-state index contributed by atoms with van der Waals surface area (Å²) in [6.45, 7) is 20.1. The number of esters is 4. The summed E-state index contributed by atoms with van der Waals surface area (Å²) in [4.78, 5) is 48.5. The van der Waals surface area contributed by atoms with Crippen LogP contribution in [0.1, 0.15) is 38.8 Å². The second kappa shape index (κ2) is 14.6. The van der Waals surface area contributed by atoms with Crippen molar-refractivity contribution in [2.24, 2.45) is 0 Å². The van der Waals surface area contributed by atoms with Crippen LogP contribution in [0, 0.1) is 5.82 Å². The van der Waals surface area contributed by atoms with Gasteiger partial charge in [-0.3, -0.25) is 0 Å². The zero-order valence-corrected chi connectivity index (χ0v) is 25.3. The maximum absolute atomic E-state index is 15.2. The molecule has 0 aromatic heterocycles. The number of benzene rings is 3. The molecule has 0 heterocycles. The number of carbonyl (C=O) groups is 4. The zero-order chi connectivity index (χ0) is 33.4. The number of halogens is 1. The lowest BCUT2D eigenvalue weighted by molar-refractivity contribution is -0.131. The molecule has 9 heteroatoms. The third-order valence-corrected chi connectivity index (χ3v) is 5.90. The van der Waals surface area contributed by atoms with Crippen LogP contribution in [-0.2, 0) is 19.2 Å². The summed E-state index contributed by atoms with van der Waals surface area (Å²) in [6, 6.07) is 13.8. The molecule has 0 unspecified atom stereocenters. The predicted molar refractivity (Wildman–Crippen MR) is 169 cm³/mol. The molecule has 0 atom stereocenters. The highest BCUT2D eigenvalue weighted by atomic mass is 19.1. The van der Waals surface area contributed by atoms with Gasteiger partial charge in [0.1, 0.15) is 28.8 Å². The van der Waals surface area contributed by atoms with E-state index in [4.69, 9.17) is 18.9 Å². The third-order valence-electron chi connectivity index (χ3n) is 5.90.